The number of carbonyl (C=O) groups excluding carboxylic acids is 2. The van der Waals surface area contributed by atoms with Crippen molar-refractivity contribution in [2.45, 2.75) is 13.5 Å². The first kappa shape index (κ1) is 16.9. The van der Waals surface area contributed by atoms with Crippen LogP contribution in [0.5, 0.6) is 0 Å². The Hall–Kier alpha value is -2.99. The maximum atomic E-state index is 12.4. The monoisotopic (exact) mass is 352 g/mol. The molecule has 2 aromatic carbocycles. The molecule has 6 heteroatoms. The summed E-state index contributed by atoms with van der Waals surface area (Å²) in [4.78, 5) is 28.5. The number of nitrogens with zero attached hydrogens (tertiary/aromatic N) is 1. The summed E-state index contributed by atoms with van der Waals surface area (Å²) in [7, 11) is 0. The fourth-order valence-corrected chi connectivity index (χ4v) is 3.28. The van der Waals surface area contributed by atoms with Crippen molar-refractivity contribution in [1.29, 1.82) is 0 Å². The van der Waals surface area contributed by atoms with Crippen molar-refractivity contribution in [1.82, 2.24) is 4.98 Å². The van der Waals surface area contributed by atoms with Crippen molar-refractivity contribution in [3.8, 4) is 10.6 Å². The Bertz CT molecular complexity index is 919. The van der Waals surface area contributed by atoms with E-state index in [9.17, 15) is 9.59 Å². The van der Waals surface area contributed by atoms with E-state index in [1.165, 1.54) is 11.3 Å². The lowest BCUT2D eigenvalue weighted by atomic mass is 10.1. The summed E-state index contributed by atoms with van der Waals surface area (Å²) in [5.41, 5.74) is 7.94. The van der Waals surface area contributed by atoms with E-state index in [4.69, 9.17) is 10.5 Å². The molecular weight excluding hydrogens is 336 g/mol. The zero-order chi connectivity index (χ0) is 17.8. The number of amides is 1. The summed E-state index contributed by atoms with van der Waals surface area (Å²) in [6.45, 7) is 1.85. The van der Waals surface area contributed by atoms with Gasteiger partial charge < -0.3 is 10.5 Å². The highest BCUT2D eigenvalue weighted by Gasteiger charge is 2.17. The molecule has 0 unspecified atom stereocenters. The van der Waals surface area contributed by atoms with Gasteiger partial charge in [-0.2, -0.15) is 0 Å². The lowest BCUT2D eigenvalue weighted by Crippen LogP contribution is -2.11. The average molecular weight is 352 g/mol. The Morgan fingerprint density at radius 3 is 2.60 bits per heavy atom. The van der Waals surface area contributed by atoms with Gasteiger partial charge in [0.15, 0.2) is 0 Å². The molecular formula is C19H16N2O3S. The lowest BCUT2D eigenvalue weighted by molar-refractivity contribution is 0.0477. The molecule has 25 heavy (non-hydrogen) atoms. The van der Waals surface area contributed by atoms with Crippen molar-refractivity contribution >= 4 is 23.2 Å². The molecule has 3 rings (SSSR count). The Morgan fingerprint density at radius 1 is 1.12 bits per heavy atom. The minimum absolute atomic E-state index is 0.0674. The van der Waals surface area contributed by atoms with Crippen LogP contribution in [0, 0.1) is 6.92 Å². The molecule has 2 N–H and O–H groups in total. The number of nitrogens with two attached hydrogens (primary N) is 1. The van der Waals surface area contributed by atoms with E-state index in [1.54, 1.807) is 31.2 Å². The van der Waals surface area contributed by atoms with E-state index < -0.39 is 11.9 Å². The highest BCUT2D eigenvalue weighted by atomic mass is 32.1. The number of thiazole rings is 1. The first-order chi connectivity index (χ1) is 12.0. The molecule has 0 fully saturated rings. The van der Waals surface area contributed by atoms with Crippen molar-refractivity contribution < 1.29 is 14.3 Å². The number of benzene rings is 2. The van der Waals surface area contributed by atoms with Gasteiger partial charge >= 0.3 is 5.97 Å². The van der Waals surface area contributed by atoms with Crippen LogP contribution in [-0.2, 0) is 11.3 Å². The molecule has 1 aromatic heterocycles. The third-order valence-corrected chi connectivity index (χ3v) is 4.77. The van der Waals surface area contributed by atoms with Gasteiger partial charge in [-0.05, 0) is 24.6 Å². The fourth-order valence-electron chi connectivity index (χ4n) is 2.32. The summed E-state index contributed by atoms with van der Waals surface area (Å²) >= 11 is 1.30. The maximum absolute atomic E-state index is 12.4. The number of hydrogen-bond donors (Lipinski definition) is 1. The zero-order valence-corrected chi connectivity index (χ0v) is 14.4. The standard InChI is InChI=1S/C19H16N2O3S/c1-12-16(25-18(21-12)14-7-3-2-4-8-14)19(23)24-11-13-6-5-9-15(10-13)17(20)22/h2-10H,11H2,1H3,(H2,20,22). The molecule has 1 amide bonds. The van der Waals surface area contributed by atoms with E-state index in [-0.39, 0.29) is 6.61 Å². The Kier molecular flexibility index (Phi) is 4.90. The number of hydrogen-bond acceptors (Lipinski definition) is 5. The van der Waals surface area contributed by atoms with Crippen LogP contribution in [0.3, 0.4) is 0 Å². The third-order valence-electron chi connectivity index (χ3n) is 3.58. The minimum Gasteiger partial charge on any atom is -0.457 e. The molecule has 0 aliphatic heterocycles. The van der Waals surface area contributed by atoms with E-state index >= 15 is 0 Å². The first-order valence-corrected chi connectivity index (χ1v) is 8.45. The summed E-state index contributed by atoms with van der Waals surface area (Å²) in [6, 6.07) is 16.4. The quantitative estimate of drug-likeness (QED) is 0.712. The molecule has 0 aliphatic rings. The molecule has 1 heterocycles. The SMILES string of the molecule is Cc1nc(-c2ccccc2)sc1C(=O)OCc1cccc(C(N)=O)c1. The second kappa shape index (κ2) is 7.27. The molecule has 0 saturated heterocycles. The highest BCUT2D eigenvalue weighted by Crippen LogP contribution is 2.28. The summed E-state index contributed by atoms with van der Waals surface area (Å²) < 4.78 is 5.36. The predicted octanol–water partition coefficient (Wildman–Crippen LogP) is 3.57. The number of rotatable bonds is 5. The van der Waals surface area contributed by atoms with Crippen molar-refractivity contribution in [3.63, 3.8) is 0 Å². The lowest BCUT2D eigenvalue weighted by Gasteiger charge is -2.05. The first-order valence-electron chi connectivity index (χ1n) is 7.63. The van der Waals surface area contributed by atoms with Crippen molar-refractivity contribution in [2.24, 2.45) is 5.73 Å². The fraction of sp³-hybridized carbons (Fsp3) is 0.105. The molecule has 0 saturated carbocycles. The number of esters is 1. The Balaban J connectivity index is 1.73. The largest absolute Gasteiger partial charge is 0.457 e. The molecule has 126 valence electrons. The average Bonchev–Trinajstić information content (AvgIpc) is 3.02. The number of carbonyl (C=O) groups is 2. The molecule has 0 bridgehead atoms. The molecule has 0 spiro atoms. The molecule has 0 atom stereocenters. The van der Waals surface area contributed by atoms with Crippen molar-refractivity contribution in [2.75, 3.05) is 0 Å². The summed E-state index contributed by atoms with van der Waals surface area (Å²) in [6.07, 6.45) is 0. The number of primary amides is 1. The van der Waals surface area contributed by atoms with Crippen LogP contribution >= 0.6 is 11.3 Å². The van der Waals surface area contributed by atoms with Gasteiger partial charge in [0, 0.05) is 11.1 Å². The maximum Gasteiger partial charge on any atom is 0.350 e. The van der Waals surface area contributed by atoms with Crippen LogP contribution in [0.2, 0.25) is 0 Å². The second-order valence-corrected chi connectivity index (χ2v) is 6.44. The summed E-state index contributed by atoms with van der Waals surface area (Å²) in [5, 5.41) is 0.778. The van der Waals surface area contributed by atoms with Gasteiger partial charge in [-0.25, -0.2) is 9.78 Å². The van der Waals surface area contributed by atoms with Gasteiger partial charge in [0.1, 0.15) is 16.5 Å². The number of ether oxygens (including phenoxy) is 1. The van der Waals surface area contributed by atoms with E-state index in [1.807, 2.05) is 30.3 Å². The van der Waals surface area contributed by atoms with E-state index in [0.717, 1.165) is 10.6 Å². The van der Waals surface area contributed by atoms with Crippen molar-refractivity contribution in [3.05, 3.63) is 76.3 Å². The Labute approximate surface area is 149 Å². The molecule has 3 aromatic rings. The molecule has 0 radical (unpaired) electrons. The highest BCUT2D eigenvalue weighted by molar-refractivity contribution is 7.17. The van der Waals surface area contributed by atoms with Gasteiger partial charge in [-0.3, -0.25) is 4.79 Å². The van der Waals surface area contributed by atoms with Gasteiger partial charge in [0.25, 0.3) is 0 Å². The van der Waals surface area contributed by atoms with E-state index in [2.05, 4.69) is 4.98 Å². The minimum atomic E-state index is -0.515. The summed E-state index contributed by atoms with van der Waals surface area (Å²) in [5.74, 6) is -0.944. The molecule has 5 nitrogen and oxygen atoms in total. The topological polar surface area (TPSA) is 82.3 Å². The van der Waals surface area contributed by atoms with Crippen LogP contribution in [0.4, 0.5) is 0 Å². The van der Waals surface area contributed by atoms with Gasteiger partial charge in [-0.1, -0.05) is 42.5 Å². The Morgan fingerprint density at radius 2 is 1.88 bits per heavy atom. The third kappa shape index (κ3) is 3.92. The second-order valence-electron chi connectivity index (χ2n) is 5.44. The van der Waals surface area contributed by atoms with Crippen LogP contribution in [0.1, 0.15) is 31.3 Å². The molecule has 0 aliphatic carbocycles. The zero-order valence-electron chi connectivity index (χ0n) is 13.6. The van der Waals surface area contributed by atoms with Crippen LogP contribution in [0.15, 0.2) is 54.6 Å². The van der Waals surface area contributed by atoms with Gasteiger partial charge in [0.05, 0.1) is 5.69 Å². The van der Waals surface area contributed by atoms with Crippen LogP contribution in [-0.4, -0.2) is 16.9 Å². The van der Waals surface area contributed by atoms with Gasteiger partial charge in [-0.15, -0.1) is 11.3 Å². The predicted molar refractivity (Wildman–Crippen MR) is 96.4 cm³/mol. The van der Waals surface area contributed by atoms with Gasteiger partial charge in [0.2, 0.25) is 5.91 Å². The van der Waals surface area contributed by atoms with E-state index in [0.29, 0.717) is 21.7 Å². The normalized spacial score (nSPS) is 10.4. The smallest absolute Gasteiger partial charge is 0.350 e. The number of aromatic nitrogens is 1. The van der Waals surface area contributed by atoms with Crippen LogP contribution < -0.4 is 5.73 Å². The van der Waals surface area contributed by atoms with Crippen LogP contribution in [0.25, 0.3) is 10.6 Å². The number of aryl methyl sites for hydroxylation is 1.